The smallest absolute Gasteiger partial charge is 0.309 e. The molecule has 1 saturated heterocycles. The van der Waals surface area contributed by atoms with Gasteiger partial charge in [-0.3, -0.25) is 4.79 Å². The van der Waals surface area contributed by atoms with E-state index in [1.54, 1.807) is 0 Å². The average Bonchev–Trinajstić information content (AvgIpc) is 2.65. The van der Waals surface area contributed by atoms with E-state index in [9.17, 15) is 4.79 Å². The van der Waals surface area contributed by atoms with E-state index in [1.165, 1.54) is 12.8 Å². The van der Waals surface area contributed by atoms with Crippen LogP contribution in [0.25, 0.3) is 0 Å². The fourth-order valence-electron chi connectivity index (χ4n) is 2.90. The lowest BCUT2D eigenvalue weighted by Gasteiger charge is -2.31. The first-order valence-corrected chi connectivity index (χ1v) is 5.70. The third kappa shape index (κ3) is 1.78. The van der Waals surface area contributed by atoms with Crippen LogP contribution in [0, 0.1) is 17.8 Å². The van der Waals surface area contributed by atoms with Crippen molar-refractivity contribution >= 4 is 5.97 Å². The van der Waals surface area contributed by atoms with Crippen molar-refractivity contribution < 1.29 is 9.53 Å². The Morgan fingerprint density at radius 1 is 1.43 bits per heavy atom. The van der Waals surface area contributed by atoms with Crippen molar-refractivity contribution in [1.82, 2.24) is 5.32 Å². The van der Waals surface area contributed by atoms with Gasteiger partial charge in [0.15, 0.2) is 0 Å². The highest BCUT2D eigenvalue weighted by molar-refractivity contribution is 5.73. The molecule has 3 nitrogen and oxygen atoms in total. The summed E-state index contributed by atoms with van der Waals surface area (Å²) in [6.45, 7) is 4.50. The molecule has 0 spiro atoms. The second-order valence-electron chi connectivity index (χ2n) is 4.37. The molecule has 0 bridgehead atoms. The van der Waals surface area contributed by atoms with Gasteiger partial charge in [-0.05, 0) is 44.7 Å². The number of ether oxygens (including phenoxy) is 1. The van der Waals surface area contributed by atoms with Crippen LogP contribution in [0.1, 0.15) is 26.2 Å². The van der Waals surface area contributed by atoms with Crippen LogP contribution in [0.2, 0.25) is 0 Å². The van der Waals surface area contributed by atoms with Gasteiger partial charge in [-0.15, -0.1) is 0 Å². The predicted octanol–water partition coefficient (Wildman–Crippen LogP) is 1.19. The lowest BCUT2D eigenvalue weighted by atomic mass is 9.74. The zero-order valence-corrected chi connectivity index (χ0v) is 8.79. The minimum Gasteiger partial charge on any atom is -0.466 e. The normalized spacial score (nSPS) is 36.5. The van der Waals surface area contributed by atoms with Gasteiger partial charge in [0.25, 0.3) is 0 Å². The molecule has 2 aliphatic rings. The monoisotopic (exact) mass is 197 g/mol. The first kappa shape index (κ1) is 9.97. The van der Waals surface area contributed by atoms with Gasteiger partial charge in [0, 0.05) is 0 Å². The second kappa shape index (κ2) is 4.30. The number of fused-ring (bicyclic) bond motifs is 1. The van der Waals surface area contributed by atoms with Crippen LogP contribution in [0.5, 0.6) is 0 Å². The largest absolute Gasteiger partial charge is 0.466 e. The van der Waals surface area contributed by atoms with Crippen molar-refractivity contribution in [2.75, 3.05) is 19.7 Å². The molecule has 0 aromatic carbocycles. The van der Waals surface area contributed by atoms with Crippen molar-refractivity contribution in [3.05, 3.63) is 0 Å². The third-order valence-corrected chi connectivity index (χ3v) is 3.59. The summed E-state index contributed by atoms with van der Waals surface area (Å²) >= 11 is 0. The van der Waals surface area contributed by atoms with Crippen LogP contribution in [0.3, 0.4) is 0 Å². The molecular weight excluding hydrogens is 178 g/mol. The Labute approximate surface area is 85.2 Å². The maximum Gasteiger partial charge on any atom is 0.309 e. The van der Waals surface area contributed by atoms with Crippen molar-refractivity contribution in [3.63, 3.8) is 0 Å². The van der Waals surface area contributed by atoms with E-state index in [0.29, 0.717) is 12.5 Å². The summed E-state index contributed by atoms with van der Waals surface area (Å²) in [6, 6.07) is 0. The van der Waals surface area contributed by atoms with Gasteiger partial charge in [0.1, 0.15) is 0 Å². The van der Waals surface area contributed by atoms with Crippen molar-refractivity contribution in [2.45, 2.75) is 26.2 Å². The molecule has 3 heteroatoms. The molecule has 1 heterocycles. The summed E-state index contributed by atoms with van der Waals surface area (Å²) in [7, 11) is 0. The Morgan fingerprint density at radius 2 is 2.29 bits per heavy atom. The predicted molar refractivity (Wildman–Crippen MR) is 53.8 cm³/mol. The summed E-state index contributed by atoms with van der Waals surface area (Å²) in [5.74, 6) is 1.47. The van der Waals surface area contributed by atoms with Crippen molar-refractivity contribution in [3.8, 4) is 0 Å². The fraction of sp³-hybridized carbons (Fsp3) is 0.909. The first-order valence-electron chi connectivity index (χ1n) is 5.70. The summed E-state index contributed by atoms with van der Waals surface area (Å²) in [4.78, 5) is 11.7. The summed E-state index contributed by atoms with van der Waals surface area (Å²) in [6.07, 6.45) is 3.50. The Balaban J connectivity index is 1.99. The second-order valence-corrected chi connectivity index (χ2v) is 4.37. The molecule has 2 rings (SSSR count). The summed E-state index contributed by atoms with van der Waals surface area (Å²) in [5, 5.41) is 3.38. The quantitative estimate of drug-likeness (QED) is 0.676. The molecular formula is C11H19NO2. The van der Waals surface area contributed by atoms with E-state index >= 15 is 0 Å². The van der Waals surface area contributed by atoms with E-state index in [-0.39, 0.29) is 11.9 Å². The number of nitrogens with one attached hydrogen (secondary N) is 1. The van der Waals surface area contributed by atoms with E-state index in [0.717, 1.165) is 25.4 Å². The third-order valence-electron chi connectivity index (χ3n) is 3.59. The number of hydrogen-bond acceptors (Lipinski definition) is 3. The van der Waals surface area contributed by atoms with Gasteiger partial charge < -0.3 is 10.1 Å². The van der Waals surface area contributed by atoms with Crippen LogP contribution in [0.4, 0.5) is 0 Å². The van der Waals surface area contributed by atoms with Gasteiger partial charge >= 0.3 is 5.97 Å². The Bertz CT molecular complexity index is 217. The molecule has 0 aromatic heterocycles. The molecule has 3 unspecified atom stereocenters. The lowest BCUT2D eigenvalue weighted by molar-refractivity contribution is -0.151. The van der Waals surface area contributed by atoms with Gasteiger partial charge in [0.05, 0.1) is 12.5 Å². The summed E-state index contributed by atoms with van der Waals surface area (Å²) < 4.78 is 5.12. The van der Waals surface area contributed by atoms with Gasteiger partial charge in [-0.2, -0.15) is 0 Å². The molecule has 2 fully saturated rings. The first-order chi connectivity index (χ1) is 6.83. The Morgan fingerprint density at radius 3 is 3.07 bits per heavy atom. The molecule has 3 atom stereocenters. The molecule has 80 valence electrons. The summed E-state index contributed by atoms with van der Waals surface area (Å²) in [5.41, 5.74) is 0. The molecule has 1 aliphatic heterocycles. The van der Waals surface area contributed by atoms with Crippen molar-refractivity contribution in [2.24, 2.45) is 17.8 Å². The topological polar surface area (TPSA) is 38.3 Å². The standard InChI is InChI=1S/C11H19NO2/c1-2-14-11(13)9-5-3-4-8-6-12-7-10(8)9/h8-10,12H,2-7H2,1H3. The SMILES string of the molecule is CCOC(=O)C1CCCC2CNCC21. The van der Waals surface area contributed by atoms with Gasteiger partial charge in [0.2, 0.25) is 0 Å². The number of esters is 1. The van der Waals surface area contributed by atoms with Crippen LogP contribution in [-0.2, 0) is 9.53 Å². The highest BCUT2D eigenvalue weighted by atomic mass is 16.5. The zero-order valence-electron chi connectivity index (χ0n) is 8.79. The average molecular weight is 197 g/mol. The van der Waals surface area contributed by atoms with E-state index in [2.05, 4.69) is 5.32 Å². The highest BCUT2D eigenvalue weighted by Crippen LogP contribution is 2.37. The molecule has 14 heavy (non-hydrogen) atoms. The minimum atomic E-state index is 0.0332. The maximum absolute atomic E-state index is 11.7. The van der Waals surface area contributed by atoms with Crippen LogP contribution in [-0.4, -0.2) is 25.7 Å². The minimum absolute atomic E-state index is 0.0332. The maximum atomic E-state index is 11.7. The molecule has 0 radical (unpaired) electrons. The Kier molecular flexibility index (Phi) is 3.06. The molecule has 1 saturated carbocycles. The number of carbonyl (C=O) groups excluding carboxylic acids is 1. The molecule has 0 aromatic rings. The highest BCUT2D eigenvalue weighted by Gasteiger charge is 2.40. The van der Waals surface area contributed by atoms with Crippen molar-refractivity contribution in [1.29, 1.82) is 0 Å². The number of rotatable bonds is 2. The van der Waals surface area contributed by atoms with Crippen LogP contribution >= 0.6 is 0 Å². The van der Waals surface area contributed by atoms with Crippen LogP contribution in [0.15, 0.2) is 0 Å². The molecule has 1 N–H and O–H groups in total. The lowest BCUT2D eigenvalue weighted by Crippen LogP contribution is -2.34. The molecule has 0 amide bonds. The van der Waals surface area contributed by atoms with E-state index in [1.807, 2.05) is 6.92 Å². The molecule has 1 aliphatic carbocycles. The fourth-order valence-corrected chi connectivity index (χ4v) is 2.90. The Hall–Kier alpha value is -0.570. The van der Waals surface area contributed by atoms with Gasteiger partial charge in [-0.1, -0.05) is 6.42 Å². The van der Waals surface area contributed by atoms with Crippen LogP contribution < -0.4 is 5.32 Å². The van der Waals surface area contributed by atoms with E-state index < -0.39 is 0 Å². The van der Waals surface area contributed by atoms with E-state index in [4.69, 9.17) is 4.74 Å². The number of hydrogen-bond donors (Lipinski definition) is 1. The zero-order chi connectivity index (χ0) is 9.97. The number of carbonyl (C=O) groups is 1. The van der Waals surface area contributed by atoms with Gasteiger partial charge in [-0.25, -0.2) is 0 Å².